The lowest BCUT2D eigenvalue weighted by atomic mass is 9.95. The number of methoxy groups -OCH3 is 3. The van der Waals surface area contributed by atoms with Crippen LogP contribution in [0.5, 0.6) is 17.2 Å². The molecule has 0 bridgehead atoms. The minimum absolute atomic E-state index is 0.157. The third kappa shape index (κ3) is 5.67. The molecule has 1 atom stereocenters. The minimum atomic E-state index is -0.344. The topological polar surface area (TPSA) is 85.9 Å². The Morgan fingerprint density at radius 1 is 1.00 bits per heavy atom. The highest BCUT2D eigenvalue weighted by Crippen LogP contribution is 2.50. The predicted molar refractivity (Wildman–Crippen MR) is 146 cm³/mol. The van der Waals surface area contributed by atoms with Gasteiger partial charge in [-0.3, -0.25) is 9.59 Å². The second-order valence-electron chi connectivity index (χ2n) is 8.90. The van der Waals surface area contributed by atoms with Crippen LogP contribution < -0.4 is 30.3 Å². The number of aryl methyl sites for hydroxylation is 1. The summed E-state index contributed by atoms with van der Waals surface area (Å²) in [6, 6.07) is 14.6. The number of fused-ring (bicyclic) bond motifs is 3. The van der Waals surface area contributed by atoms with E-state index in [2.05, 4.69) is 10.6 Å². The van der Waals surface area contributed by atoms with Crippen molar-refractivity contribution in [1.29, 1.82) is 0 Å². The van der Waals surface area contributed by atoms with E-state index in [0.29, 0.717) is 47.3 Å². The number of carbonyl (C=O) groups excluding carboxylic acids is 1. The second kappa shape index (κ2) is 11.6. The number of anilines is 1. The zero-order chi connectivity index (χ0) is 26.5. The van der Waals surface area contributed by atoms with Crippen LogP contribution in [0.3, 0.4) is 0 Å². The van der Waals surface area contributed by atoms with Crippen molar-refractivity contribution in [2.24, 2.45) is 0 Å². The summed E-state index contributed by atoms with van der Waals surface area (Å²) in [6.07, 6.45) is 1.99. The first-order valence-corrected chi connectivity index (χ1v) is 12.5. The molecule has 0 aromatic heterocycles. The van der Waals surface area contributed by atoms with Crippen molar-refractivity contribution in [2.75, 3.05) is 33.2 Å². The van der Waals surface area contributed by atoms with E-state index in [0.717, 1.165) is 34.2 Å². The number of hydrogen-bond acceptors (Lipinski definition) is 6. The van der Waals surface area contributed by atoms with Crippen LogP contribution in [-0.4, -0.2) is 33.8 Å². The largest absolute Gasteiger partial charge is 0.493 e. The van der Waals surface area contributed by atoms with Crippen LogP contribution in [-0.2, 0) is 17.6 Å². The molecule has 0 heterocycles. The van der Waals surface area contributed by atoms with E-state index in [1.807, 2.05) is 36.4 Å². The van der Waals surface area contributed by atoms with Crippen molar-refractivity contribution in [3.05, 3.63) is 80.5 Å². The SMILES string of the molecule is COc1cc2c(c(OC)c1OC)-c1ccc(NCCc3ccc(Cl)cc3)c(=O)cc1[C@H](NC(C)=O)CC2. The molecule has 1 aliphatic carbocycles. The highest BCUT2D eigenvalue weighted by Gasteiger charge is 2.29. The number of rotatable bonds is 8. The molecule has 0 saturated carbocycles. The number of halogens is 1. The molecule has 1 aliphatic rings. The van der Waals surface area contributed by atoms with Crippen molar-refractivity contribution >= 4 is 23.2 Å². The van der Waals surface area contributed by atoms with Gasteiger partial charge in [-0.25, -0.2) is 0 Å². The second-order valence-corrected chi connectivity index (χ2v) is 9.34. The Hall–Kier alpha value is -3.71. The summed E-state index contributed by atoms with van der Waals surface area (Å²) >= 11 is 5.98. The average Bonchev–Trinajstić information content (AvgIpc) is 3.13. The van der Waals surface area contributed by atoms with Crippen LogP contribution >= 0.6 is 11.6 Å². The van der Waals surface area contributed by atoms with Crippen LogP contribution in [0.15, 0.2) is 53.3 Å². The van der Waals surface area contributed by atoms with Crippen molar-refractivity contribution in [3.8, 4) is 28.4 Å². The molecule has 0 aliphatic heterocycles. The summed E-state index contributed by atoms with van der Waals surface area (Å²) in [5.41, 5.74) is 4.78. The van der Waals surface area contributed by atoms with E-state index in [4.69, 9.17) is 25.8 Å². The van der Waals surface area contributed by atoms with E-state index in [1.54, 1.807) is 33.5 Å². The van der Waals surface area contributed by atoms with E-state index in [9.17, 15) is 9.59 Å². The van der Waals surface area contributed by atoms with Gasteiger partial charge in [0.25, 0.3) is 0 Å². The Kier molecular flexibility index (Phi) is 8.24. The molecule has 37 heavy (non-hydrogen) atoms. The molecule has 3 aromatic rings. The van der Waals surface area contributed by atoms with Crippen molar-refractivity contribution in [3.63, 3.8) is 0 Å². The average molecular weight is 523 g/mol. The Balaban J connectivity index is 1.81. The fourth-order valence-electron chi connectivity index (χ4n) is 4.85. The van der Waals surface area contributed by atoms with Crippen molar-refractivity contribution < 1.29 is 19.0 Å². The van der Waals surface area contributed by atoms with Gasteiger partial charge in [-0.1, -0.05) is 29.8 Å². The zero-order valence-electron chi connectivity index (χ0n) is 21.4. The van der Waals surface area contributed by atoms with E-state index >= 15 is 0 Å². The van der Waals surface area contributed by atoms with Gasteiger partial charge in [0.2, 0.25) is 17.1 Å². The van der Waals surface area contributed by atoms with Gasteiger partial charge in [-0.05, 0) is 71.8 Å². The molecule has 8 heteroatoms. The quantitative estimate of drug-likeness (QED) is 0.424. The maximum Gasteiger partial charge on any atom is 0.217 e. The number of carbonyl (C=O) groups is 1. The summed E-state index contributed by atoms with van der Waals surface area (Å²) in [7, 11) is 4.73. The molecule has 0 radical (unpaired) electrons. The Morgan fingerprint density at radius 3 is 2.38 bits per heavy atom. The standard InChI is InChI=1S/C29H31ClN2O5/c1-17(33)32-23-11-7-19-15-26(35-2)28(36-3)29(37-4)27(19)21-10-12-24(25(34)16-22(21)23)31-14-13-18-5-8-20(30)9-6-18/h5-6,8-10,12,15-16,23H,7,11,13-14H2,1-4H3,(H,31,34)(H,32,33)/t23-/m1/s1. The molecule has 4 rings (SSSR count). The number of ether oxygens (including phenoxy) is 3. The summed E-state index contributed by atoms with van der Waals surface area (Å²) in [5.74, 6) is 1.40. The molecular formula is C29H31ClN2O5. The van der Waals surface area contributed by atoms with Crippen LogP contribution in [0, 0.1) is 0 Å². The molecule has 0 saturated heterocycles. The van der Waals surface area contributed by atoms with E-state index in [1.165, 1.54) is 6.92 Å². The number of hydrogen-bond donors (Lipinski definition) is 2. The first-order chi connectivity index (χ1) is 17.9. The molecule has 7 nitrogen and oxygen atoms in total. The van der Waals surface area contributed by atoms with Gasteiger partial charge < -0.3 is 24.8 Å². The Morgan fingerprint density at radius 2 is 1.73 bits per heavy atom. The molecule has 3 aromatic carbocycles. The highest BCUT2D eigenvalue weighted by molar-refractivity contribution is 6.30. The maximum atomic E-state index is 13.3. The molecule has 0 fully saturated rings. The van der Waals surface area contributed by atoms with Crippen LogP contribution in [0.1, 0.15) is 36.1 Å². The number of amides is 1. The van der Waals surface area contributed by atoms with Crippen LogP contribution in [0.4, 0.5) is 5.69 Å². The predicted octanol–water partition coefficient (Wildman–Crippen LogP) is 5.17. The van der Waals surface area contributed by atoms with Gasteiger partial charge in [0.05, 0.1) is 33.1 Å². The van der Waals surface area contributed by atoms with Gasteiger partial charge >= 0.3 is 0 Å². The summed E-state index contributed by atoms with van der Waals surface area (Å²) < 4.78 is 17.0. The number of benzene rings is 2. The van der Waals surface area contributed by atoms with Gasteiger partial charge in [0.1, 0.15) is 0 Å². The summed E-state index contributed by atoms with van der Waals surface area (Å²) in [4.78, 5) is 25.4. The lowest BCUT2D eigenvalue weighted by Crippen LogP contribution is -2.26. The molecular weight excluding hydrogens is 492 g/mol. The zero-order valence-corrected chi connectivity index (χ0v) is 22.2. The first-order valence-electron chi connectivity index (χ1n) is 12.1. The van der Waals surface area contributed by atoms with E-state index < -0.39 is 0 Å². The molecule has 194 valence electrons. The van der Waals surface area contributed by atoms with Crippen molar-refractivity contribution in [2.45, 2.75) is 32.2 Å². The molecule has 0 unspecified atom stereocenters. The normalized spacial score (nSPS) is 14.0. The third-order valence-electron chi connectivity index (χ3n) is 6.56. The molecule has 2 N–H and O–H groups in total. The van der Waals surface area contributed by atoms with Crippen molar-refractivity contribution in [1.82, 2.24) is 5.32 Å². The minimum Gasteiger partial charge on any atom is -0.493 e. The smallest absolute Gasteiger partial charge is 0.217 e. The first kappa shape index (κ1) is 26.4. The fraction of sp³-hybridized carbons (Fsp3) is 0.310. The van der Waals surface area contributed by atoms with E-state index in [-0.39, 0.29) is 17.4 Å². The lowest BCUT2D eigenvalue weighted by Gasteiger charge is -2.19. The van der Waals surface area contributed by atoms with Gasteiger partial charge in [-0.15, -0.1) is 0 Å². The Bertz CT molecular complexity index is 1360. The molecule has 0 spiro atoms. The highest BCUT2D eigenvalue weighted by atomic mass is 35.5. The maximum absolute atomic E-state index is 13.3. The monoisotopic (exact) mass is 522 g/mol. The van der Waals surface area contributed by atoms with Crippen LogP contribution in [0.25, 0.3) is 11.1 Å². The fourth-order valence-corrected chi connectivity index (χ4v) is 4.97. The van der Waals surface area contributed by atoms with Gasteiger partial charge in [-0.2, -0.15) is 0 Å². The summed E-state index contributed by atoms with van der Waals surface area (Å²) in [5, 5.41) is 6.99. The van der Waals surface area contributed by atoms with Gasteiger partial charge in [0.15, 0.2) is 11.5 Å². The lowest BCUT2D eigenvalue weighted by molar-refractivity contribution is -0.119. The van der Waals surface area contributed by atoms with Crippen LogP contribution in [0.2, 0.25) is 5.02 Å². The van der Waals surface area contributed by atoms with Gasteiger partial charge in [0, 0.05) is 24.1 Å². The number of nitrogens with one attached hydrogen (secondary N) is 2. The molecule has 1 amide bonds. The summed E-state index contributed by atoms with van der Waals surface area (Å²) in [6.45, 7) is 2.06. The third-order valence-corrected chi connectivity index (χ3v) is 6.81. The Labute approximate surface area is 221 Å².